The number of anilines is 1. The van der Waals surface area contributed by atoms with E-state index in [0.29, 0.717) is 30.1 Å². The van der Waals surface area contributed by atoms with Crippen LogP contribution in [0.4, 0.5) is 5.69 Å². The van der Waals surface area contributed by atoms with Crippen molar-refractivity contribution in [2.24, 2.45) is 0 Å². The third-order valence-corrected chi connectivity index (χ3v) is 5.74. The van der Waals surface area contributed by atoms with Crippen LogP contribution in [0.15, 0.2) is 46.9 Å². The second kappa shape index (κ2) is 9.25. The highest BCUT2D eigenvalue weighted by Crippen LogP contribution is 2.33. The van der Waals surface area contributed by atoms with Gasteiger partial charge in [0.2, 0.25) is 0 Å². The summed E-state index contributed by atoms with van der Waals surface area (Å²) in [5.41, 5.74) is 3.27. The molecule has 4 rings (SSSR count). The van der Waals surface area contributed by atoms with Crippen molar-refractivity contribution < 1.29 is 18.7 Å². The minimum atomic E-state index is -0.276. The number of rotatable bonds is 7. The van der Waals surface area contributed by atoms with Gasteiger partial charge in [-0.3, -0.25) is 9.59 Å². The molecule has 1 heterocycles. The monoisotopic (exact) mass is 420 g/mol. The predicted octanol–water partition coefficient (Wildman–Crippen LogP) is 4.81. The lowest BCUT2D eigenvalue weighted by Crippen LogP contribution is -2.30. The Kier molecular flexibility index (Phi) is 6.26. The molecule has 31 heavy (non-hydrogen) atoms. The van der Waals surface area contributed by atoms with Gasteiger partial charge >= 0.3 is 0 Å². The Morgan fingerprint density at radius 2 is 1.87 bits per heavy atom. The number of hydrogen-bond acceptors (Lipinski definition) is 4. The van der Waals surface area contributed by atoms with E-state index in [0.717, 1.165) is 36.0 Å². The van der Waals surface area contributed by atoms with Gasteiger partial charge in [-0.15, -0.1) is 0 Å². The molecule has 0 atom stereocenters. The molecule has 6 nitrogen and oxygen atoms in total. The maximum Gasteiger partial charge on any atom is 0.262 e. The van der Waals surface area contributed by atoms with Gasteiger partial charge in [-0.1, -0.05) is 6.07 Å². The van der Waals surface area contributed by atoms with Gasteiger partial charge in [-0.05, 0) is 69.5 Å². The van der Waals surface area contributed by atoms with Gasteiger partial charge in [0.25, 0.3) is 11.8 Å². The Labute approximate surface area is 182 Å². The lowest BCUT2D eigenvalue weighted by atomic mass is 9.96. The Balaban J connectivity index is 1.39. The fraction of sp³-hybridized carbons (Fsp3) is 0.360. The summed E-state index contributed by atoms with van der Waals surface area (Å²) < 4.78 is 11.7. The number of fused-ring (bicyclic) bond motifs is 3. The highest BCUT2D eigenvalue weighted by Gasteiger charge is 2.18. The first-order chi connectivity index (χ1) is 15.1. The zero-order valence-corrected chi connectivity index (χ0v) is 18.1. The van der Waals surface area contributed by atoms with E-state index in [9.17, 15) is 9.59 Å². The zero-order chi connectivity index (χ0) is 21.8. The third kappa shape index (κ3) is 4.58. The molecule has 1 N–H and O–H groups in total. The van der Waals surface area contributed by atoms with Gasteiger partial charge in [0.1, 0.15) is 17.1 Å². The Morgan fingerprint density at radius 1 is 1.06 bits per heavy atom. The van der Waals surface area contributed by atoms with Gasteiger partial charge in [0.15, 0.2) is 6.61 Å². The number of amides is 2. The normalized spacial score (nSPS) is 13.0. The average Bonchev–Trinajstić information content (AvgIpc) is 3.16. The van der Waals surface area contributed by atoms with Crippen LogP contribution in [-0.2, 0) is 17.6 Å². The van der Waals surface area contributed by atoms with Gasteiger partial charge in [-0.25, -0.2) is 0 Å². The summed E-state index contributed by atoms with van der Waals surface area (Å²) in [6.45, 7) is 5.07. The van der Waals surface area contributed by atoms with Crippen molar-refractivity contribution >= 4 is 28.5 Å². The Bertz CT molecular complexity index is 1100. The Hall–Kier alpha value is -3.28. The van der Waals surface area contributed by atoms with E-state index in [-0.39, 0.29) is 18.4 Å². The van der Waals surface area contributed by atoms with Crippen molar-refractivity contribution in [3.63, 3.8) is 0 Å². The molecule has 3 aromatic rings. The van der Waals surface area contributed by atoms with E-state index in [1.165, 1.54) is 12.0 Å². The maximum absolute atomic E-state index is 12.5. The van der Waals surface area contributed by atoms with Crippen LogP contribution >= 0.6 is 0 Å². The number of carbonyl (C=O) groups excluding carboxylic acids is 2. The molecule has 1 aromatic heterocycles. The SMILES string of the molecule is CCN(CC)C(=O)c1cccc(NC(=O)COc2ccc3oc4c(c3c2)CCCC4)c1. The van der Waals surface area contributed by atoms with E-state index < -0.39 is 0 Å². The first-order valence-electron chi connectivity index (χ1n) is 10.9. The van der Waals surface area contributed by atoms with Crippen molar-refractivity contribution in [2.75, 3.05) is 25.0 Å². The summed E-state index contributed by atoms with van der Waals surface area (Å²) in [5, 5.41) is 3.89. The van der Waals surface area contributed by atoms with Crippen LogP contribution in [0.1, 0.15) is 48.4 Å². The summed E-state index contributed by atoms with van der Waals surface area (Å²) in [6.07, 6.45) is 4.34. The van der Waals surface area contributed by atoms with E-state index >= 15 is 0 Å². The minimum Gasteiger partial charge on any atom is -0.484 e. The van der Waals surface area contributed by atoms with Crippen LogP contribution in [0.2, 0.25) is 0 Å². The number of nitrogens with one attached hydrogen (secondary N) is 1. The molecule has 0 saturated heterocycles. The topological polar surface area (TPSA) is 71.8 Å². The molecule has 0 radical (unpaired) electrons. The molecule has 0 unspecified atom stereocenters. The summed E-state index contributed by atoms with van der Waals surface area (Å²) in [7, 11) is 0. The molecule has 0 saturated carbocycles. The molecule has 162 valence electrons. The van der Waals surface area contributed by atoms with Crippen molar-refractivity contribution in [1.82, 2.24) is 4.90 Å². The maximum atomic E-state index is 12.5. The fourth-order valence-corrected chi connectivity index (χ4v) is 4.10. The number of aryl methyl sites for hydroxylation is 2. The zero-order valence-electron chi connectivity index (χ0n) is 18.1. The molecular weight excluding hydrogens is 392 g/mol. The van der Waals surface area contributed by atoms with Gasteiger partial charge in [-0.2, -0.15) is 0 Å². The largest absolute Gasteiger partial charge is 0.484 e. The number of furan rings is 1. The molecule has 0 aliphatic heterocycles. The fourth-order valence-electron chi connectivity index (χ4n) is 4.10. The second-order valence-electron chi connectivity index (χ2n) is 7.76. The third-order valence-electron chi connectivity index (χ3n) is 5.74. The van der Waals surface area contributed by atoms with E-state index in [1.54, 1.807) is 29.2 Å². The minimum absolute atomic E-state index is 0.0471. The number of benzene rings is 2. The van der Waals surface area contributed by atoms with Crippen molar-refractivity contribution in [2.45, 2.75) is 39.5 Å². The number of carbonyl (C=O) groups is 2. The number of ether oxygens (including phenoxy) is 1. The first kappa shape index (κ1) is 21.0. The quantitative estimate of drug-likeness (QED) is 0.595. The van der Waals surface area contributed by atoms with Crippen molar-refractivity contribution in [3.05, 3.63) is 59.4 Å². The molecular formula is C25H28N2O4. The van der Waals surface area contributed by atoms with Crippen LogP contribution in [-0.4, -0.2) is 36.4 Å². The molecule has 2 amide bonds. The van der Waals surface area contributed by atoms with E-state index in [4.69, 9.17) is 9.15 Å². The molecule has 0 spiro atoms. The van der Waals surface area contributed by atoms with Crippen LogP contribution in [0.5, 0.6) is 5.75 Å². The smallest absolute Gasteiger partial charge is 0.262 e. The van der Waals surface area contributed by atoms with Crippen LogP contribution < -0.4 is 10.1 Å². The standard InChI is InChI=1S/C25H28N2O4/c1-3-27(4-2)25(29)17-8-7-9-18(14-17)26-24(28)16-30-19-12-13-23-21(15-19)20-10-5-6-11-22(20)31-23/h7-9,12-15H,3-6,10-11,16H2,1-2H3,(H,26,28). The molecule has 2 aromatic carbocycles. The van der Waals surface area contributed by atoms with E-state index in [2.05, 4.69) is 5.32 Å². The molecule has 0 fully saturated rings. The first-order valence-corrected chi connectivity index (χ1v) is 10.9. The molecule has 1 aliphatic carbocycles. The summed E-state index contributed by atoms with van der Waals surface area (Å²) in [5.74, 6) is 1.40. The highest BCUT2D eigenvalue weighted by molar-refractivity contribution is 5.97. The summed E-state index contributed by atoms with van der Waals surface area (Å²) >= 11 is 0. The van der Waals surface area contributed by atoms with Crippen LogP contribution in [0, 0.1) is 0 Å². The second-order valence-corrected chi connectivity index (χ2v) is 7.76. The van der Waals surface area contributed by atoms with Crippen LogP contribution in [0.25, 0.3) is 11.0 Å². The van der Waals surface area contributed by atoms with Crippen molar-refractivity contribution in [1.29, 1.82) is 0 Å². The van der Waals surface area contributed by atoms with Gasteiger partial charge in [0.05, 0.1) is 0 Å². The number of nitrogens with zero attached hydrogens (tertiary/aromatic N) is 1. The van der Waals surface area contributed by atoms with Crippen LogP contribution in [0.3, 0.4) is 0 Å². The van der Waals surface area contributed by atoms with Gasteiger partial charge in [0, 0.05) is 41.7 Å². The van der Waals surface area contributed by atoms with Gasteiger partial charge < -0.3 is 19.4 Å². The molecule has 1 aliphatic rings. The highest BCUT2D eigenvalue weighted by atomic mass is 16.5. The summed E-state index contributed by atoms with van der Waals surface area (Å²) in [6, 6.07) is 12.7. The lowest BCUT2D eigenvalue weighted by molar-refractivity contribution is -0.118. The predicted molar refractivity (Wildman–Crippen MR) is 121 cm³/mol. The molecule has 6 heteroatoms. The average molecular weight is 421 g/mol. The number of hydrogen-bond donors (Lipinski definition) is 1. The Morgan fingerprint density at radius 3 is 2.68 bits per heavy atom. The van der Waals surface area contributed by atoms with E-state index in [1.807, 2.05) is 32.0 Å². The lowest BCUT2D eigenvalue weighted by Gasteiger charge is -2.19. The molecule has 0 bridgehead atoms. The van der Waals surface area contributed by atoms with Crippen molar-refractivity contribution in [3.8, 4) is 5.75 Å². The summed E-state index contributed by atoms with van der Waals surface area (Å²) in [4.78, 5) is 26.7.